The van der Waals surface area contributed by atoms with Gasteiger partial charge < -0.3 is 19.5 Å². The highest BCUT2D eigenvalue weighted by Gasteiger charge is 2.73. The number of ether oxygens (including phenoxy) is 2. The molecule has 3 aromatic rings. The summed E-state index contributed by atoms with van der Waals surface area (Å²) in [5.74, 6) is -3.51. The number of aliphatic carboxylic acids is 1. The van der Waals surface area contributed by atoms with Crippen molar-refractivity contribution in [3.8, 4) is 11.8 Å². The van der Waals surface area contributed by atoms with Crippen LogP contribution in [0.25, 0.3) is 10.8 Å². The molecule has 0 radical (unpaired) electrons. The molecule has 12 heteroatoms. The fraction of sp³-hybridized carbons (Fsp3) is 0.375. The maximum atomic E-state index is 14.0. The molecule has 3 aliphatic rings. The highest BCUT2D eigenvalue weighted by molar-refractivity contribution is 6.26. The van der Waals surface area contributed by atoms with Crippen LogP contribution in [0.3, 0.4) is 0 Å². The van der Waals surface area contributed by atoms with Gasteiger partial charge in [0.05, 0.1) is 47.0 Å². The number of carbonyl (C=O) groups is 3. The average Bonchev–Trinajstić information content (AvgIpc) is 3.56. The molecule has 3 aliphatic heterocycles. The summed E-state index contributed by atoms with van der Waals surface area (Å²) in [6.07, 6.45) is -3.12. The Kier molecular flexibility index (Phi) is 7.80. The first kappa shape index (κ1) is 30.8. The summed E-state index contributed by atoms with van der Waals surface area (Å²) in [5, 5.41) is 18.1. The van der Waals surface area contributed by atoms with E-state index in [1.54, 1.807) is 12.1 Å². The lowest BCUT2D eigenvalue weighted by molar-refractivity contribution is -0.192. The number of fused-ring (bicyclic) bond motifs is 6. The van der Waals surface area contributed by atoms with Gasteiger partial charge in [-0.1, -0.05) is 30.3 Å². The zero-order valence-electron chi connectivity index (χ0n) is 24.2. The monoisotopic (exact) mass is 609 g/mol. The van der Waals surface area contributed by atoms with Gasteiger partial charge in [-0.25, -0.2) is 9.69 Å². The number of carboxylic acid groups (broad SMARTS) is 1. The Morgan fingerprint density at radius 2 is 1.73 bits per heavy atom. The predicted molar refractivity (Wildman–Crippen MR) is 154 cm³/mol. The standard InChI is InChI=1S/C30H29N3O4.C2HF3O2/c1-29-13-14-30(37-29,15-16-36-21-8-6-7-20(17-21)32(2)3)26-25(29)27(34)33(28(26)35)24-12-11-19(18-31)22-9-4-5-10-23(22)24;3-2(4,5)1(6)7/h4-12,17,25-26H,13-16H2,1-3H3;(H,6,7)/t25-,26+,29-,30-;/m0./s1. The van der Waals surface area contributed by atoms with E-state index in [4.69, 9.17) is 19.4 Å². The molecule has 230 valence electrons. The number of hydrogen-bond donors (Lipinski definition) is 1. The minimum atomic E-state index is -5.08. The number of hydrogen-bond acceptors (Lipinski definition) is 7. The molecule has 3 aromatic carbocycles. The summed E-state index contributed by atoms with van der Waals surface area (Å²) in [6.45, 7) is 2.35. The molecule has 0 aromatic heterocycles. The summed E-state index contributed by atoms with van der Waals surface area (Å²) in [5.41, 5.74) is 0.681. The lowest BCUT2D eigenvalue weighted by atomic mass is 9.67. The fourth-order valence-electron chi connectivity index (χ4n) is 6.62. The molecule has 2 amide bonds. The van der Waals surface area contributed by atoms with E-state index >= 15 is 0 Å². The van der Waals surface area contributed by atoms with Gasteiger partial charge in [-0.2, -0.15) is 18.4 Å². The van der Waals surface area contributed by atoms with Gasteiger partial charge in [-0.05, 0) is 44.0 Å². The van der Waals surface area contributed by atoms with Crippen LogP contribution in [-0.2, 0) is 19.1 Å². The smallest absolute Gasteiger partial charge is 0.490 e. The van der Waals surface area contributed by atoms with Crippen molar-refractivity contribution in [3.63, 3.8) is 0 Å². The van der Waals surface area contributed by atoms with Gasteiger partial charge in [0.25, 0.3) is 0 Å². The second-order valence-corrected chi connectivity index (χ2v) is 11.5. The molecule has 0 aliphatic carbocycles. The molecule has 6 rings (SSSR count). The molecule has 3 fully saturated rings. The highest BCUT2D eigenvalue weighted by Crippen LogP contribution is 2.62. The number of halogens is 3. The van der Waals surface area contributed by atoms with Crippen molar-refractivity contribution in [1.29, 1.82) is 5.26 Å². The SMILES string of the molecule is CN(C)c1cccc(OCC[C@]23CC[C@](C)(O2)[C@@H]2C(=O)N(c4ccc(C#N)c5ccccc45)C(=O)[C@@H]23)c1.O=C(O)C(F)(F)F. The number of carbonyl (C=O) groups excluding carboxylic acids is 2. The van der Waals surface area contributed by atoms with E-state index in [0.29, 0.717) is 30.7 Å². The molecule has 0 spiro atoms. The van der Waals surface area contributed by atoms with Crippen molar-refractivity contribution in [2.45, 2.75) is 43.6 Å². The van der Waals surface area contributed by atoms with E-state index < -0.39 is 35.2 Å². The molecule has 3 heterocycles. The Labute approximate surface area is 251 Å². The van der Waals surface area contributed by atoms with Crippen LogP contribution >= 0.6 is 0 Å². The van der Waals surface area contributed by atoms with Gasteiger partial charge in [0.15, 0.2) is 0 Å². The maximum Gasteiger partial charge on any atom is 0.490 e. The molecule has 9 nitrogen and oxygen atoms in total. The van der Waals surface area contributed by atoms with Crippen LogP contribution < -0.4 is 14.5 Å². The van der Waals surface area contributed by atoms with Crippen LogP contribution in [0.4, 0.5) is 24.5 Å². The lowest BCUT2D eigenvalue weighted by Crippen LogP contribution is -2.43. The molecule has 4 atom stereocenters. The summed E-state index contributed by atoms with van der Waals surface area (Å²) < 4.78 is 44.4. The summed E-state index contributed by atoms with van der Waals surface area (Å²) in [7, 11) is 3.96. The lowest BCUT2D eigenvalue weighted by Gasteiger charge is -2.31. The fourth-order valence-corrected chi connectivity index (χ4v) is 6.62. The van der Waals surface area contributed by atoms with Gasteiger partial charge in [-0.3, -0.25) is 9.59 Å². The van der Waals surface area contributed by atoms with Crippen molar-refractivity contribution >= 4 is 39.9 Å². The number of nitrogens with zero attached hydrogens (tertiary/aromatic N) is 3. The first-order valence-corrected chi connectivity index (χ1v) is 13.9. The number of benzene rings is 3. The van der Waals surface area contributed by atoms with Gasteiger partial charge in [0.1, 0.15) is 5.75 Å². The minimum Gasteiger partial charge on any atom is -0.493 e. The molecular weight excluding hydrogens is 579 g/mol. The number of alkyl halides is 3. The summed E-state index contributed by atoms with van der Waals surface area (Å²) >= 11 is 0. The third kappa shape index (κ3) is 5.21. The van der Waals surface area contributed by atoms with Crippen LogP contribution in [0.5, 0.6) is 5.75 Å². The molecule has 1 N–H and O–H groups in total. The minimum absolute atomic E-state index is 0.214. The van der Waals surface area contributed by atoms with Crippen LogP contribution in [-0.4, -0.2) is 61.0 Å². The van der Waals surface area contributed by atoms with E-state index in [1.165, 1.54) is 4.90 Å². The van der Waals surface area contributed by atoms with E-state index in [-0.39, 0.29) is 11.8 Å². The van der Waals surface area contributed by atoms with Crippen molar-refractivity contribution in [1.82, 2.24) is 0 Å². The number of carboxylic acids is 1. The first-order chi connectivity index (χ1) is 20.7. The molecule has 44 heavy (non-hydrogen) atoms. The Bertz CT molecular complexity index is 1690. The maximum absolute atomic E-state index is 14.0. The number of rotatable bonds is 6. The molecule has 0 unspecified atom stereocenters. The van der Waals surface area contributed by atoms with E-state index in [0.717, 1.165) is 28.6 Å². The first-order valence-electron chi connectivity index (χ1n) is 13.9. The van der Waals surface area contributed by atoms with E-state index in [2.05, 4.69) is 6.07 Å². The van der Waals surface area contributed by atoms with Crippen molar-refractivity contribution in [3.05, 3.63) is 66.2 Å². The number of imide groups is 1. The van der Waals surface area contributed by atoms with Crippen molar-refractivity contribution in [2.75, 3.05) is 30.5 Å². The zero-order chi connectivity index (χ0) is 32.0. The zero-order valence-corrected chi connectivity index (χ0v) is 24.2. The van der Waals surface area contributed by atoms with Gasteiger partial charge in [0, 0.05) is 43.0 Å². The van der Waals surface area contributed by atoms with Crippen molar-refractivity contribution < 1.29 is 42.1 Å². The highest BCUT2D eigenvalue weighted by atomic mass is 19.4. The number of amides is 2. The Morgan fingerprint density at radius 1 is 1.07 bits per heavy atom. The quantitative estimate of drug-likeness (QED) is 0.374. The van der Waals surface area contributed by atoms with E-state index in [1.807, 2.05) is 74.4 Å². The van der Waals surface area contributed by atoms with E-state index in [9.17, 15) is 28.0 Å². The van der Waals surface area contributed by atoms with Crippen LogP contribution in [0, 0.1) is 23.2 Å². The normalized spacial score (nSPS) is 25.3. The van der Waals surface area contributed by atoms with Crippen LogP contribution in [0.1, 0.15) is 31.7 Å². The molecule has 2 bridgehead atoms. The molecule has 3 saturated heterocycles. The second-order valence-electron chi connectivity index (χ2n) is 11.5. The second kappa shape index (κ2) is 11.1. The predicted octanol–water partition coefficient (Wildman–Crippen LogP) is 5.31. The molecular formula is C32H30F3N3O6. The van der Waals surface area contributed by atoms with Crippen LogP contribution in [0.2, 0.25) is 0 Å². The number of nitriles is 1. The Hall–Kier alpha value is -4.63. The molecule has 0 saturated carbocycles. The third-order valence-electron chi connectivity index (χ3n) is 8.64. The number of anilines is 2. The van der Waals surface area contributed by atoms with Gasteiger partial charge in [-0.15, -0.1) is 0 Å². The summed E-state index contributed by atoms with van der Waals surface area (Å²) in [6, 6.07) is 20.9. The average molecular weight is 610 g/mol. The van der Waals surface area contributed by atoms with Crippen LogP contribution in [0.15, 0.2) is 60.7 Å². The Morgan fingerprint density at radius 3 is 2.36 bits per heavy atom. The summed E-state index contributed by atoms with van der Waals surface area (Å²) in [4.78, 5) is 40.1. The largest absolute Gasteiger partial charge is 0.493 e. The Balaban J connectivity index is 0.000000493. The van der Waals surface area contributed by atoms with Crippen molar-refractivity contribution in [2.24, 2.45) is 11.8 Å². The van der Waals surface area contributed by atoms with Gasteiger partial charge in [0.2, 0.25) is 11.8 Å². The topological polar surface area (TPSA) is 120 Å². The van der Waals surface area contributed by atoms with Gasteiger partial charge >= 0.3 is 12.1 Å². The third-order valence-corrected chi connectivity index (χ3v) is 8.64.